The lowest BCUT2D eigenvalue weighted by Crippen LogP contribution is -2.64. The molecule has 2 saturated heterocycles. The number of carboxylic acid groups (broad SMARTS) is 1. The molecular weight excluding hydrogens is 598 g/mol. The lowest BCUT2D eigenvalue weighted by atomic mass is 9.71. The van der Waals surface area contributed by atoms with E-state index in [9.17, 15) is 19.5 Å². The van der Waals surface area contributed by atoms with Gasteiger partial charge in [0.2, 0.25) is 11.8 Å². The molecule has 10 heteroatoms. The van der Waals surface area contributed by atoms with E-state index < -0.39 is 12.1 Å². The molecule has 4 aliphatic rings. The molecule has 9 nitrogen and oxygen atoms in total. The molecular formula is C36H51N5O4S. The standard InChI is InChI=1S/C36H51N5O4S/c42-33(37-23-30-12-7-21-46-30)32-25-40(35(44)45)19-20-41(32)34(43)31(22-27-8-3-1-4-9-27)38-29-13-15-36(16-14-29)17-18-39(26-36)24-28-10-5-2-6-11-28/h2,5-7,10-12,21,27,29,31-32,38H,1,3-4,8-9,13-20,22-26H2,(H,37,42)(H,44,45)/t29?,31-,32?,36?/m1/s1. The number of carbonyl (C=O) groups excluding carboxylic acids is 2. The zero-order valence-corrected chi connectivity index (χ0v) is 27.9. The Kier molecular flexibility index (Phi) is 11.0. The lowest BCUT2D eigenvalue weighted by Gasteiger charge is -2.43. The van der Waals surface area contributed by atoms with Crippen LogP contribution < -0.4 is 10.6 Å². The van der Waals surface area contributed by atoms with E-state index in [0.29, 0.717) is 17.9 Å². The average Bonchev–Trinajstić information content (AvgIpc) is 3.75. The summed E-state index contributed by atoms with van der Waals surface area (Å²) in [6, 6.07) is 13.7. The van der Waals surface area contributed by atoms with Crippen molar-refractivity contribution in [2.45, 2.75) is 102 Å². The fourth-order valence-corrected chi connectivity index (χ4v) is 9.08. The van der Waals surface area contributed by atoms with Gasteiger partial charge in [0, 0.05) is 37.1 Å². The first kappa shape index (κ1) is 33.0. The monoisotopic (exact) mass is 649 g/mol. The highest BCUT2D eigenvalue weighted by molar-refractivity contribution is 7.09. The molecule has 2 aliphatic carbocycles. The Hall–Kier alpha value is -2.95. The molecule has 250 valence electrons. The Morgan fingerprint density at radius 3 is 2.43 bits per heavy atom. The van der Waals surface area contributed by atoms with Gasteiger partial charge in [0.25, 0.3) is 0 Å². The van der Waals surface area contributed by atoms with Crippen LogP contribution in [0.4, 0.5) is 4.79 Å². The van der Waals surface area contributed by atoms with Crippen molar-refractivity contribution in [3.63, 3.8) is 0 Å². The second-order valence-electron chi connectivity index (χ2n) is 14.3. The maximum atomic E-state index is 14.4. The summed E-state index contributed by atoms with van der Waals surface area (Å²) in [6.45, 7) is 4.13. The Morgan fingerprint density at radius 1 is 0.935 bits per heavy atom. The predicted octanol–water partition coefficient (Wildman–Crippen LogP) is 5.32. The van der Waals surface area contributed by atoms with E-state index >= 15 is 0 Å². The number of nitrogens with zero attached hydrogens (tertiary/aromatic N) is 3. The summed E-state index contributed by atoms with van der Waals surface area (Å²) in [5.41, 5.74) is 1.75. The van der Waals surface area contributed by atoms with E-state index in [1.54, 1.807) is 16.2 Å². The van der Waals surface area contributed by atoms with Crippen LogP contribution in [0.2, 0.25) is 0 Å². The topological polar surface area (TPSA) is 105 Å². The van der Waals surface area contributed by atoms with Crippen LogP contribution in [0.1, 0.15) is 81.1 Å². The number of benzene rings is 1. The van der Waals surface area contributed by atoms with Crippen LogP contribution in [0.25, 0.3) is 0 Å². The highest BCUT2D eigenvalue weighted by Gasteiger charge is 2.43. The second kappa shape index (κ2) is 15.3. The van der Waals surface area contributed by atoms with Crippen molar-refractivity contribution in [3.05, 3.63) is 58.3 Å². The zero-order valence-electron chi connectivity index (χ0n) is 27.1. The average molecular weight is 650 g/mol. The largest absolute Gasteiger partial charge is 0.465 e. The van der Waals surface area contributed by atoms with Gasteiger partial charge in [-0.15, -0.1) is 11.3 Å². The molecule has 2 aromatic rings. The molecule has 1 spiro atoms. The molecule has 2 atom stereocenters. The van der Waals surface area contributed by atoms with Crippen LogP contribution in [0.5, 0.6) is 0 Å². The zero-order chi connectivity index (χ0) is 31.9. The van der Waals surface area contributed by atoms with E-state index in [0.717, 1.165) is 56.6 Å². The molecule has 1 unspecified atom stereocenters. The molecule has 2 saturated carbocycles. The number of hydrogen-bond donors (Lipinski definition) is 3. The predicted molar refractivity (Wildman–Crippen MR) is 180 cm³/mol. The van der Waals surface area contributed by atoms with E-state index in [2.05, 4.69) is 45.9 Å². The van der Waals surface area contributed by atoms with Crippen molar-refractivity contribution >= 4 is 29.2 Å². The fraction of sp³-hybridized carbons (Fsp3) is 0.639. The third kappa shape index (κ3) is 8.30. The third-order valence-electron chi connectivity index (χ3n) is 11.1. The van der Waals surface area contributed by atoms with Crippen molar-refractivity contribution < 1.29 is 19.5 Å². The van der Waals surface area contributed by atoms with Crippen LogP contribution in [-0.4, -0.2) is 88.6 Å². The molecule has 2 aliphatic heterocycles. The van der Waals surface area contributed by atoms with Gasteiger partial charge in [-0.2, -0.15) is 0 Å². The molecule has 3 N–H and O–H groups in total. The number of likely N-dealkylation sites (tertiary alicyclic amines) is 1. The number of nitrogens with one attached hydrogen (secondary N) is 2. The van der Waals surface area contributed by atoms with Gasteiger partial charge in [-0.1, -0.05) is 68.5 Å². The maximum absolute atomic E-state index is 14.4. The van der Waals surface area contributed by atoms with Crippen LogP contribution in [-0.2, 0) is 22.7 Å². The number of thiophene rings is 1. The third-order valence-corrected chi connectivity index (χ3v) is 12.0. The molecule has 46 heavy (non-hydrogen) atoms. The first-order chi connectivity index (χ1) is 22.4. The number of piperazine rings is 1. The summed E-state index contributed by atoms with van der Waals surface area (Å²) in [6.07, 6.45) is 11.4. The van der Waals surface area contributed by atoms with E-state index in [4.69, 9.17) is 0 Å². The molecule has 0 bridgehead atoms. The summed E-state index contributed by atoms with van der Waals surface area (Å²) >= 11 is 1.56. The minimum Gasteiger partial charge on any atom is -0.465 e. The highest BCUT2D eigenvalue weighted by Crippen LogP contribution is 2.44. The van der Waals surface area contributed by atoms with Crippen molar-refractivity contribution in [1.82, 2.24) is 25.3 Å². The molecule has 6 rings (SSSR count). The fourth-order valence-electron chi connectivity index (χ4n) is 8.44. The van der Waals surface area contributed by atoms with Gasteiger partial charge in [0.05, 0.1) is 19.1 Å². The number of hydrogen-bond acceptors (Lipinski definition) is 6. The minimum absolute atomic E-state index is 0.00107. The maximum Gasteiger partial charge on any atom is 0.407 e. The first-order valence-corrected chi connectivity index (χ1v) is 18.4. The highest BCUT2D eigenvalue weighted by atomic mass is 32.1. The first-order valence-electron chi connectivity index (χ1n) is 17.5. The van der Waals surface area contributed by atoms with Crippen molar-refractivity contribution in [1.29, 1.82) is 0 Å². The van der Waals surface area contributed by atoms with E-state index in [-0.39, 0.29) is 43.5 Å². The SMILES string of the molecule is O=C(NCc1cccs1)C1CN(C(=O)O)CCN1C(=O)[C@@H](CC1CCCCC1)NC1CCC2(CC1)CCN(Cc1ccccc1)C2. The van der Waals surface area contributed by atoms with Gasteiger partial charge in [-0.05, 0) is 73.4 Å². The Morgan fingerprint density at radius 2 is 1.72 bits per heavy atom. The minimum atomic E-state index is -1.05. The van der Waals surface area contributed by atoms with E-state index in [1.807, 2.05) is 17.5 Å². The van der Waals surface area contributed by atoms with Gasteiger partial charge in [0.15, 0.2) is 0 Å². The summed E-state index contributed by atoms with van der Waals surface area (Å²) < 4.78 is 0. The van der Waals surface area contributed by atoms with Gasteiger partial charge in [-0.25, -0.2) is 4.79 Å². The normalized spacial score (nSPS) is 26.7. The Balaban J connectivity index is 1.11. The smallest absolute Gasteiger partial charge is 0.407 e. The van der Waals surface area contributed by atoms with Crippen LogP contribution >= 0.6 is 11.3 Å². The number of rotatable bonds is 10. The molecule has 1 aromatic heterocycles. The van der Waals surface area contributed by atoms with Crippen molar-refractivity contribution in [3.8, 4) is 0 Å². The van der Waals surface area contributed by atoms with Crippen LogP contribution in [0, 0.1) is 11.3 Å². The van der Waals surface area contributed by atoms with Gasteiger partial charge >= 0.3 is 6.09 Å². The molecule has 0 radical (unpaired) electrons. The number of carbonyl (C=O) groups is 3. The van der Waals surface area contributed by atoms with Crippen molar-refractivity contribution in [2.75, 3.05) is 32.7 Å². The summed E-state index contributed by atoms with van der Waals surface area (Å²) in [5, 5.41) is 18.5. The molecule has 3 amide bonds. The van der Waals surface area contributed by atoms with Gasteiger partial charge in [0.1, 0.15) is 6.04 Å². The quantitative estimate of drug-likeness (QED) is 0.322. The second-order valence-corrected chi connectivity index (χ2v) is 15.3. The summed E-state index contributed by atoms with van der Waals surface area (Å²) in [5.74, 6) is 0.171. The van der Waals surface area contributed by atoms with Crippen LogP contribution in [0.3, 0.4) is 0 Å². The Labute approximate surface area is 277 Å². The molecule has 1 aromatic carbocycles. The van der Waals surface area contributed by atoms with E-state index in [1.165, 1.54) is 49.0 Å². The molecule has 3 heterocycles. The van der Waals surface area contributed by atoms with Gasteiger partial charge < -0.3 is 25.5 Å². The summed E-state index contributed by atoms with van der Waals surface area (Å²) in [7, 11) is 0. The van der Waals surface area contributed by atoms with Crippen LogP contribution in [0.15, 0.2) is 47.8 Å². The number of amides is 3. The molecule has 4 fully saturated rings. The Bertz CT molecular complexity index is 1290. The van der Waals surface area contributed by atoms with Crippen molar-refractivity contribution in [2.24, 2.45) is 11.3 Å². The van der Waals surface area contributed by atoms with Gasteiger partial charge in [-0.3, -0.25) is 14.5 Å². The lowest BCUT2D eigenvalue weighted by molar-refractivity contribution is -0.145. The summed E-state index contributed by atoms with van der Waals surface area (Å²) in [4.78, 5) is 46.5.